The van der Waals surface area contributed by atoms with E-state index in [0.29, 0.717) is 81.5 Å². The molecule has 3 amide bonds. The van der Waals surface area contributed by atoms with Crippen LogP contribution in [-0.2, 0) is 14.4 Å². The van der Waals surface area contributed by atoms with Crippen molar-refractivity contribution < 1.29 is 38.4 Å². The maximum atomic E-state index is 12.9. The van der Waals surface area contributed by atoms with Crippen molar-refractivity contribution in [2.45, 2.75) is 97.6 Å². The van der Waals surface area contributed by atoms with Gasteiger partial charge in [0.25, 0.3) is 0 Å². The predicted molar refractivity (Wildman–Crippen MR) is 327 cm³/mol. The molecule has 10 heterocycles. The van der Waals surface area contributed by atoms with Crippen molar-refractivity contribution in [2.75, 3.05) is 54.8 Å². The number of halogens is 5. The van der Waals surface area contributed by atoms with Crippen LogP contribution in [0.5, 0.6) is 0 Å². The van der Waals surface area contributed by atoms with Crippen LogP contribution in [0.25, 0.3) is 67.3 Å². The molecule has 0 unspecified atom stereocenters. The highest BCUT2D eigenvalue weighted by atomic mass is 35.5. The number of hydrogen-bond donors (Lipinski definition) is 7. The number of rotatable bonds is 17. The Hall–Kier alpha value is -8.55. The molecular formula is C57H73Cl2F3N18O4. The summed E-state index contributed by atoms with van der Waals surface area (Å²) in [5.74, 6) is 2.20. The van der Waals surface area contributed by atoms with Crippen LogP contribution in [-0.4, -0.2) is 161 Å². The molecule has 2 atom stereocenters. The van der Waals surface area contributed by atoms with E-state index in [2.05, 4.69) is 77.4 Å². The number of anilines is 3. The molecule has 0 radical (unpaired) electrons. The molecule has 0 bridgehead atoms. The zero-order chi connectivity index (χ0) is 60.5. The molecule has 10 rings (SSSR count). The minimum absolute atomic E-state index is 0. The molecule has 1 aliphatic rings. The van der Waals surface area contributed by atoms with Gasteiger partial charge in [-0.3, -0.25) is 14.4 Å². The quantitative estimate of drug-likeness (QED) is 0.0446. The lowest BCUT2D eigenvalue weighted by Gasteiger charge is -2.32. The number of fused-ring (bicyclic) bond motifs is 3. The van der Waals surface area contributed by atoms with Crippen molar-refractivity contribution in [1.29, 1.82) is 0 Å². The van der Waals surface area contributed by atoms with E-state index >= 15 is 0 Å². The number of nitrogens with one attached hydrogen (secondary N) is 6. The molecule has 0 spiro atoms. The summed E-state index contributed by atoms with van der Waals surface area (Å²) in [6.45, 7) is 16.8. The summed E-state index contributed by atoms with van der Waals surface area (Å²) in [5, 5.41) is 22.0. The fourth-order valence-electron chi connectivity index (χ4n) is 9.56. The zero-order valence-electron chi connectivity index (χ0n) is 47.5. The van der Waals surface area contributed by atoms with Gasteiger partial charge >= 0.3 is 6.18 Å². The third-order valence-corrected chi connectivity index (χ3v) is 14.0. The van der Waals surface area contributed by atoms with E-state index < -0.39 is 41.9 Å². The zero-order valence-corrected chi connectivity index (χ0v) is 49.0. The van der Waals surface area contributed by atoms with E-state index in [9.17, 15) is 32.7 Å². The Morgan fingerprint density at radius 3 is 1.64 bits per heavy atom. The minimum atomic E-state index is -4.51. The third-order valence-electron chi connectivity index (χ3n) is 13.6. The Morgan fingerprint density at radius 2 is 1.14 bits per heavy atom. The summed E-state index contributed by atoms with van der Waals surface area (Å²) < 4.78 is 37.3. The second-order valence-electron chi connectivity index (χ2n) is 20.6. The summed E-state index contributed by atoms with van der Waals surface area (Å²) in [4.78, 5) is 91.7. The first-order chi connectivity index (χ1) is 40.0. The summed E-state index contributed by atoms with van der Waals surface area (Å²) in [6, 6.07) is 11.4. The summed E-state index contributed by atoms with van der Waals surface area (Å²) in [6.07, 6.45) is 10.6. The average molecular weight is 1200 g/mol. The van der Waals surface area contributed by atoms with E-state index in [-0.39, 0.29) is 30.5 Å². The molecule has 1 saturated heterocycles. The van der Waals surface area contributed by atoms with Crippen LogP contribution in [0.2, 0.25) is 10.0 Å². The predicted octanol–water partition coefficient (Wildman–Crippen LogP) is 10.5. The first-order valence-electron chi connectivity index (χ1n) is 27.1. The van der Waals surface area contributed by atoms with Gasteiger partial charge in [-0.2, -0.15) is 13.2 Å². The average Bonchev–Trinajstić information content (AvgIpc) is 2.46. The number of hydrogen-bond acceptors (Lipinski definition) is 16. The molecule has 0 saturated carbocycles. The maximum absolute atomic E-state index is 12.9. The number of H-pyrrole nitrogens is 3. The summed E-state index contributed by atoms with van der Waals surface area (Å²) in [5.41, 5.74) is 2.83. The molecule has 1 aliphatic heterocycles. The van der Waals surface area contributed by atoms with E-state index in [4.69, 9.17) is 23.2 Å². The fraction of sp³-hybridized carbons (Fsp3) is 0.368. The number of likely N-dealkylation sites (N-methyl/N-ethyl adjacent to an activating group) is 2. The van der Waals surface area contributed by atoms with Gasteiger partial charge in [0.2, 0.25) is 17.7 Å². The normalized spacial score (nSPS) is 14.4. The highest BCUT2D eigenvalue weighted by Crippen LogP contribution is 2.32. The number of amides is 3. The lowest BCUT2D eigenvalue weighted by Crippen LogP contribution is -2.50. The molecule has 7 N–H and O–H groups in total. The molecule has 84 heavy (non-hydrogen) atoms. The number of carbonyl (C=O) groups is 3. The van der Waals surface area contributed by atoms with Gasteiger partial charge in [-0.25, -0.2) is 44.9 Å². The maximum Gasteiger partial charge on any atom is 0.405 e. The number of carbonyl (C=O) groups excluding carboxylic acids is 3. The number of aromatic nitrogens is 12. The molecule has 9 aromatic heterocycles. The van der Waals surface area contributed by atoms with Gasteiger partial charge in [0.15, 0.2) is 17.5 Å². The number of alkyl halides is 3. The van der Waals surface area contributed by atoms with Crippen LogP contribution in [0.4, 0.5) is 30.6 Å². The molecule has 1 fully saturated rings. The van der Waals surface area contributed by atoms with E-state index in [1.807, 2.05) is 83.1 Å². The highest BCUT2D eigenvalue weighted by Gasteiger charge is 2.39. The minimum Gasteiger partial charge on any atom is -0.391 e. The second kappa shape index (κ2) is 26.4. The van der Waals surface area contributed by atoms with Crippen molar-refractivity contribution >= 4 is 91.5 Å². The van der Waals surface area contributed by atoms with Crippen LogP contribution < -0.4 is 20.9 Å². The Morgan fingerprint density at radius 1 is 0.667 bits per heavy atom. The third kappa shape index (κ3) is 14.6. The van der Waals surface area contributed by atoms with Gasteiger partial charge in [0.1, 0.15) is 58.1 Å². The topological polar surface area (TPSA) is 281 Å². The molecule has 0 aliphatic carbocycles. The van der Waals surface area contributed by atoms with Gasteiger partial charge in [-0.15, -0.1) is 0 Å². The SMILES string of the molecule is CCCN(CC)C(=O)C(C)(C)Nc1ccnc(-c2c[nH]c3ncc(Cl)cc23)n1.CCN(CC)C(=O)C(C)(C)Nc1ccnc(-c2c[nH]c3ncc(Cl)cc23)n1.O=C(NCC(F)(F)F)[C@H]1C[C@H](O)CN1c1ccnc(-c2c[nH]c3ncccc23)n1.[HH].[HH].[HH].[HH]. The Bertz CT molecular complexity index is 3780. The number of aromatic amines is 3. The van der Waals surface area contributed by atoms with Crippen LogP contribution in [0.1, 0.15) is 73.9 Å². The number of pyridine rings is 3. The van der Waals surface area contributed by atoms with Gasteiger partial charge in [0.05, 0.1) is 16.1 Å². The smallest absolute Gasteiger partial charge is 0.391 e. The first kappa shape index (κ1) is 61.5. The van der Waals surface area contributed by atoms with Gasteiger partial charge in [0, 0.05) is 133 Å². The number of aliphatic hydroxyl groups is 1. The fourth-order valence-corrected chi connectivity index (χ4v) is 9.88. The Kier molecular flexibility index (Phi) is 19.3. The first-order valence-corrected chi connectivity index (χ1v) is 27.9. The molecule has 450 valence electrons. The Labute approximate surface area is 497 Å². The molecule has 22 nitrogen and oxygen atoms in total. The van der Waals surface area contributed by atoms with Crippen molar-refractivity contribution in [1.82, 2.24) is 74.9 Å². The molecular weight excluding hydrogens is 1130 g/mol. The number of nitrogens with zero attached hydrogens (tertiary/aromatic N) is 12. The van der Waals surface area contributed by atoms with Gasteiger partial charge in [-0.1, -0.05) is 30.1 Å². The van der Waals surface area contributed by atoms with Crippen LogP contribution in [0, 0.1) is 0 Å². The second-order valence-corrected chi connectivity index (χ2v) is 21.5. The highest BCUT2D eigenvalue weighted by molar-refractivity contribution is 6.31. The van der Waals surface area contributed by atoms with Crippen molar-refractivity contribution in [3.8, 4) is 34.2 Å². The van der Waals surface area contributed by atoms with E-state index in [0.717, 1.165) is 45.9 Å². The standard InChI is InChI=1S/C20H25ClN6O.C19H23ClN6O.C18H17F3N6O2.4H2/c1-5-9-27(6-2)19(28)20(3,4)26-16-7-8-22-18(25-16)15-12-24-17-14(15)10-13(21)11-23-17;1-5-26(6-2)18(27)19(3,4)25-15-7-8-21-17(24-15)14-11-23-16-13(14)9-12(20)10-22-16;19-18(20,21)9-25-17(29)13-6-10(28)8-27(13)14-3-5-23-16(26-14)12-7-24-15-11(12)2-1-4-22-15;;;;/h7-8,10-12H,5-6,9H2,1-4H3,(H,23,24)(H,22,25,26);7-11H,5-6H2,1-4H3,(H,22,23)(H,21,24,25);1-5,7,10,13,28H,6,8-9H2,(H,22,24)(H,25,29);4*1H/t;;10-,13+;;;;/m..0..../s1. The monoisotopic (exact) mass is 1200 g/mol. The summed E-state index contributed by atoms with van der Waals surface area (Å²) >= 11 is 12.2. The van der Waals surface area contributed by atoms with Gasteiger partial charge < -0.3 is 50.7 Å². The molecule has 0 aromatic carbocycles. The van der Waals surface area contributed by atoms with E-state index in [1.54, 1.807) is 72.5 Å². The number of β-amino-alcohol motifs (C(OH)–C–C–N with tert-alkyl or cyclic N) is 1. The molecule has 9 aromatic rings. The van der Waals surface area contributed by atoms with Crippen molar-refractivity contribution in [2.24, 2.45) is 0 Å². The van der Waals surface area contributed by atoms with Crippen molar-refractivity contribution in [3.05, 3.63) is 108 Å². The van der Waals surface area contributed by atoms with Crippen LogP contribution in [0.3, 0.4) is 0 Å². The lowest BCUT2D eigenvalue weighted by molar-refractivity contribution is -0.139. The van der Waals surface area contributed by atoms with Crippen LogP contribution in [0.15, 0.2) is 98.2 Å². The van der Waals surface area contributed by atoms with Crippen molar-refractivity contribution in [3.63, 3.8) is 0 Å². The number of aliphatic hydroxyl groups excluding tert-OH is 1. The molecule has 27 heteroatoms. The summed E-state index contributed by atoms with van der Waals surface area (Å²) in [7, 11) is 0. The van der Waals surface area contributed by atoms with Gasteiger partial charge in [-0.05, 0) is 97.4 Å². The largest absolute Gasteiger partial charge is 0.405 e. The Balaban J connectivity index is 0.000000276. The van der Waals surface area contributed by atoms with E-state index in [1.165, 1.54) is 11.1 Å². The lowest BCUT2D eigenvalue weighted by atomic mass is 10.0. The van der Waals surface area contributed by atoms with Crippen LogP contribution >= 0.6 is 23.2 Å².